The third-order valence-corrected chi connectivity index (χ3v) is 7.76. The summed E-state index contributed by atoms with van der Waals surface area (Å²) in [6, 6.07) is 0. The van der Waals surface area contributed by atoms with Crippen LogP contribution in [0, 0.1) is 29.6 Å². The molecule has 0 bridgehead atoms. The highest BCUT2D eigenvalue weighted by molar-refractivity contribution is 5.67. The SMILES string of the molecule is O=C(NCCOCCOCCOCCOCCOCCNC(=O)OC1CC/C=C\CCC1)OCC1C2CCC#CCCC21. The van der Waals surface area contributed by atoms with Crippen molar-refractivity contribution in [2.45, 2.75) is 63.9 Å². The molecule has 0 heterocycles. The highest BCUT2D eigenvalue weighted by atomic mass is 16.6. The van der Waals surface area contributed by atoms with E-state index in [0.29, 0.717) is 104 Å². The number of carbonyl (C=O) groups is 2. The molecule has 0 aromatic carbocycles. The average molecular weight is 609 g/mol. The molecule has 1 saturated carbocycles. The summed E-state index contributed by atoms with van der Waals surface area (Å²) in [6.07, 6.45) is 12.6. The first-order chi connectivity index (χ1) is 21.2. The molecule has 11 nitrogen and oxygen atoms in total. The Hall–Kier alpha value is -2.36. The zero-order chi connectivity index (χ0) is 30.2. The van der Waals surface area contributed by atoms with E-state index in [1.54, 1.807) is 0 Å². The minimum Gasteiger partial charge on any atom is -0.449 e. The highest BCUT2D eigenvalue weighted by Gasteiger charge is 2.49. The fourth-order valence-electron chi connectivity index (χ4n) is 5.37. The molecule has 3 unspecified atom stereocenters. The van der Waals surface area contributed by atoms with Crippen LogP contribution in [0.3, 0.4) is 0 Å². The van der Waals surface area contributed by atoms with Gasteiger partial charge in [-0.05, 0) is 62.7 Å². The van der Waals surface area contributed by atoms with Gasteiger partial charge in [-0.25, -0.2) is 9.59 Å². The number of carbonyl (C=O) groups excluding carboxylic acids is 2. The fraction of sp³-hybridized carbons (Fsp3) is 0.812. The molecule has 3 aliphatic rings. The molecule has 43 heavy (non-hydrogen) atoms. The molecule has 0 aliphatic heterocycles. The molecule has 2 amide bonds. The molecular weight excluding hydrogens is 556 g/mol. The largest absolute Gasteiger partial charge is 0.449 e. The topological polar surface area (TPSA) is 123 Å². The van der Waals surface area contributed by atoms with Crippen LogP contribution in [-0.2, 0) is 33.2 Å². The van der Waals surface area contributed by atoms with Crippen LogP contribution in [0.1, 0.15) is 57.8 Å². The molecule has 11 heteroatoms. The maximum absolute atomic E-state index is 11.9. The number of hydrogen-bond acceptors (Lipinski definition) is 9. The van der Waals surface area contributed by atoms with Crippen LogP contribution in [0.25, 0.3) is 0 Å². The van der Waals surface area contributed by atoms with Gasteiger partial charge in [0.15, 0.2) is 0 Å². The molecule has 0 aromatic heterocycles. The van der Waals surface area contributed by atoms with E-state index >= 15 is 0 Å². The lowest BCUT2D eigenvalue weighted by Gasteiger charge is -2.18. The average Bonchev–Trinajstić information content (AvgIpc) is 3.63. The molecule has 244 valence electrons. The predicted molar refractivity (Wildman–Crippen MR) is 161 cm³/mol. The van der Waals surface area contributed by atoms with Gasteiger partial charge in [-0.2, -0.15) is 0 Å². The molecule has 3 rings (SSSR count). The monoisotopic (exact) mass is 608 g/mol. The first-order valence-corrected chi connectivity index (χ1v) is 16.1. The van der Waals surface area contributed by atoms with Gasteiger partial charge >= 0.3 is 12.2 Å². The van der Waals surface area contributed by atoms with Crippen molar-refractivity contribution in [3.63, 3.8) is 0 Å². The summed E-state index contributed by atoms with van der Waals surface area (Å²) < 4.78 is 38.2. The van der Waals surface area contributed by atoms with Crippen LogP contribution in [0.4, 0.5) is 9.59 Å². The molecule has 2 N–H and O–H groups in total. The van der Waals surface area contributed by atoms with E-state index in [0.717, 1.165) is 57.8 Å². The number of amides is 2. The van der Waals surface area contributed by atoms with Crippen LogP contribution >= 0.6 is 0 Å². The number of allylic oxidation sites excluding steroid dienone is 2. The number of ether oxygens (including phenoxy) is 7. The van der Waals surface area contributed by atoms with Crippen molar-refractivity contribution < 1.29 is 42.7 Å². The first-order valence-electron chi connectivity index (χ1n) is 16.1. The van der Waals surface area contributed by atoms with Gasteiger partial charge in [-0.1, -0.05) is 12.2 Å². The first kappa shape index (κ1) is 35.1. The fourth-order valence-corrected chi connectivity index (χ4v) is 5.37. The van der Waals surface area contributed by atoms with Gasteiger partial charge in [-0.3, -0.25) is 0 Å². The summed E-state index contributed by atoms with van der Waals surface area (Å²) in [6.45, 7) is 5.83. The van der Waals surface area contributed by atoms with E-state index in [1.807, 2.05) is 0 Å². The van der Waals surface area contributed by atoms with Crippen LogP contribution in [-0.4, -0.2) is 104 Å². The van der Waals surface area contributed by atoms with Crippen molar-refractivity contribution in [3.05, 3.63) is 12.2 Å². The second-order valence-electron chi connectivity index (χ2n) is 10.9. The second kappa shape index (κ2) is 23.1. The molecule has 0 radical (unpaired) electrons. The maximum atomic E-state index is 11.9. The number of fused-ring (bicyclic) bond motifs is 1. The lowest BCUT2D eigenvalue weighted by molar-refractivity contribution is -0.0106. The number of nitrogens with one attached hydrogen (secondary N) is 2. The Morgan fingerprint density at radius 2 is 1.14 bits per heavy atom. The van der Waals surface area contributed by atoms with Crippen LogP contribution in [0.5, 0.6) is 0 Å². The number of alkyl carbamates (subject to hydrolysis) is 2. The van der Waals surface area contributed by atoms with Gasteiger partial charge in [0.1, 0.15) is 6.10 Å². The molecular formula is C32H52N2O9. The quantitative estimate of drug-likeness (QED) is 0.114. The van der Waals surface area contributed by atoms with Crippen molar-refractivity contribution in [1.29, 1.82) is 0 Å². The smallest absolute Gasteiger partial charge is 0.407 e. The summed E-state index contributed by atoms with van der Waals surface area (Å²) in [5.74, 6) is 8.24. The van der Waals surface area contributed by atoms with Crippen molar-refractivity contribution in [1.82, 2.24) is 10.6 Å². The Balaban J connectivity index is 0.971. The van der Waals surface area contributed by atoms with E-state index < -0.39 is 0 Å². The summed E-state index contributed by atoms with van der Waals surface area (Å²) in [5, 5.41) is 5.46. The zero-order valence-electron chi connectivity index (χ0n) is 25.7. The van der Waals surface area contributed by atoms with Crippen molar-refractivity contribution in [2.75, 3.05) is 85.8 Å². The van der Waals surface area contributed by atoms with Crippen LogP contribution in [0.15, 0.2) is 12.2 Å². The second-order valence-corrected chi connectivity index (χ2v) is 10.9. The van der Waals surface area contributed by atoms with Gasteiger partial charge < -0.3 is 43.8 Å². The zero-order valence-corrected chi connectivity index (χ0v) is 25.7. The van der Waals surface area contributed by atoms with E-state index in [-0.39, 0.29) is 18.3 Å². The van der Waals surface area contributed by atoms with Gasteiger partial charge in [0.25, 0.3) is 0 Å². The van der Waals surface area contributed by atoms with Crippen molar-refractivity contribution in [2.24, 2.45) is 17.8 Å². The number of hydrogen-bond donors (Lipinski definition) is 2. The summed E-state index contributed by atoms with van der Waals surface area (Å²) >= 11 is 0. The molecule has 0 aromatic rings. The van der Waals surface area contributed by atoms with E-state index in [1.165, 1.54) is 0 Å². The van der Waals surface area contributed by atoms with Crippen molar-refractivity contribution in [3.8, 4) is 11.8 Å². The van der Waals surface area contributed by atoms with Gasteiger partial charge in [0.2, 0.25) is 0 Å². The maximum Gasteiger partial charge on any atom is 0.407 e. The van der Waals surface area contributed by atoms with E-state index in [4.69, 9.17) is 33.2 Å². The van der Waals surface area contributed by atoms with Gasteiger partial charge in [0, 0.05) is 25.9 Å². The molecule has 3 atom stereocenters. The highest BCUT2D eigenvalue weighted by Crippen LogP contribution is 2.52. The normalized spacial score (nSPS) is 23.6. The summed E-state index contributed by atoms with van der Waals surface area (Å²) in [4.78, 5) is 23.8. The predicted octanol–water partition coefficient (Wildman–Crippen LogP) is 3.85. The van der Waals surface area contributed by atoms with E-state index in [2.05, 4.69) is 34.6 Å². The Morgan fingerprint density at radius 3 is 1.72 bits per heavy atom. The number of rotatable bonds is 21. The van der Waals surface area contributed by atoms with E-state index in [9.17, 15) is 9.59 Å². The third kappa shape index (κ3) is 16.9. The molecule has 0 saturated heterocycles. The Kier molecular flexibility index (Phi) is 18.9. The van der Waals surface area contributed by atoms with Gasteiger partial charge in [-0.15, -0.1) is 11.8 Å². The Morgan fingerprint density at radius 1 is 0.628 bits per heavy atom. The Bertz CT molecular complexity index is 842. The third-order valence-electron chi connectivity index (χ3n) is 7.76. The molecule has 3 aliphatic carbocycles. The lowest BCUT2D eigenvalue weighted by Crippen LogP contribution is -2.31. The minimum absolute atomic E-state index is 0.00703. The summed E-state index contributed by atoms with van der Waals surface area (Å²) in [5.41, 5.74) is 0. The van der Waals surface area contributed by atoms with Crippen LogP contribution < -0.4 is 10.6 Å². The standard InChI is InChI=1S/C32H52N2O9/c35-31(42-26-30-28-12-8-4-5-9-13-29(28)30)33-14-16-37-18-20-39-22-24-41-25-23-40-21-19-38-17-15-34-32(36)43-27-10-6-2-1-3-7-11-27/h1-2,27-30H,3,6-26H2,(H,33,35)(H,34,36)/b2-1-. The molecule has 1 fully saturated rings. The molecule has 0 spiro atoms. The van der Waals surface area contributed by atoms with Crippen molar-refractivity contribution >= 4 is 12.2 Å². The lowest BCUT2D eigenvalue weighted by atomic mass is 10.0. The van der Waals surface area contributed by atoms with Crippen LogP contribution in [0.2, 0.25) is 0 Å². The van der Waals surface area contributed by atoms with Gasteiger partial charge in [0.05, 0.1) is 72.7 Å². The summed E-state index contributed by atoms with van der Waals surface area (Å²) in [7, 11) is 0. The minimum atomic E-state index is -0.381. The Labute approximate surface area is 257 Å².